The largest absolute Gasteiger partial charge is 0.464 e. The number of carbonyl (C=O) groups excluding carboxylic acids is 2. The van der Waals surface area contributed by atoms with Gasteiger partial charge in [-0.1, -0.05) is 28.9 Å². The van der Waals surface area contributed by atoms with E-state index in [2.05, 4.69) is 33.7 Å². The lowest BCUT2D eigenvalue weighted by Crippen LogP contribution is -2.42. The number of hydrogen-bond acceptors (Lipinski definition) is 3. The Hall–Kier alpha value is -2.60. The second-order valence-electron chi connectivity index (χ2n) is 5.63. The number of halogens is 1. The highest BCUT2D eigenvalue weighted by Gasteiger charge is 2.12. The van der Waals surface area contributed by atoms with Crippen molar-refractivity contribution in [2.45, 2.75) is 19.8 Å². The first-order valence-electron chi connectivity index (χ1n) is 7.90. The number of amides is 2. The van der Waals surface area contributed by atoms with E-state index in [1.54, 1.807) is 30.5 Å². The Kier molecular flexibility index (Phi) is 5.19. The van der Waals surface area contributed by atoms with Crippen molar-refractivity contribution < 1.29 is 14.0 Å². The fourth-order valence-corrected chi connectivity index (χ4v) is 2.77. The molecule has 0 saturated heterocycles. The van der Waals surface area contributed by atoms with E-state index in [1.165, 1.54) is 5.56 Å². The van der Waals surface area contributed by atoms with Crippen LogP contribution in [-0.4, -0.2) is 11.8 Å². The monoisotopic (exact) mass is 400 g/mol. The van der Waals surface area contributed by atoms with Gasteiger partial charge in [0.2, 0.25) is 5.91 Å². The first-order valence-corrected chi connectivity index (χ1v) is 8.70. The van der Waals surface area contributed by atoms with E-state index in [1.807, 2.05) is 18.2 Å². The molecule has 2 N–H and O–H groups in total. The van der Waals surface area contributed by atoms with Crippen molar-refractivity contribution in [1.29, 1.82) is 0 Å². The zero-order chi connectivity index (χ0) is 17.8. The molecule has 0 radical (unpaired) electrons. The summed E-state index contributed by atoms with van der Waals surface area (Å²) in [4.78, 5) is 24.1. The standard InChI is InChI=1S/C19H17BrN2O3/c1-2-12-3-8-17-16(9-12)14(11-25-17)10-18(23)21-22-19(24)13-4-6-15(20)7-5-13/h3-9,11H,2,10H2,1H3,(H,21,23)(H,22,24). The molecule has 0 aliphatic heterocycles. The van der Waals surface area contributed by atoms with E-state index in [9.17, 15) is 9.59 Å². The third-order valence-electron chi connectivity index (χ3n) is 3.90. The molecule has 6 heteroatoms. The molecule has 3 rings (SSSR count). The average molecular weight is 401 g/mol. The number of hydrogen-bond donors (Lipinski definition) is 2. The Morgan fingerprint density at radius 1 is 1.08 bits per heavy atom. The van der Waals surface area contributed by atoms with Gasteiger partial charge in [-0.3, -0.25) is 20.4 Å². The molecule has 2 aromatic carbocycles. The zero-order valence-electron chi connectivity index (χ0n) is 13.6. The van der Waals surface area contributed by atoms with Gasteiger partial charge < -0.3 is 4.42 Å². The van der Waals surface area contributed by atoms with E-state index in [0.29, 0.717) is 5.56 Å². The maximum Gasteiger partial charge on any atom is 0.269 e. The van der Waals surface area contributed by atoms with Crippen LogP contribution in [0.5, 0.6) is 0 Å². The lowest BCUT2D eigenvalue weighted by Gasteiger charge is -2.07. The van der Waals surface area contributed by atoms with Gasteiger partial charge >= 0.3 is 0 Å². The summed E-state index contributed by atoms with van der Waals surface area (Å²) in [6.07, 6.45) is 2.62. The van der Waals surface area contributed by atoms with Crippen LogP contribution in [-0.2, 0) is 17.6 Å². The van der Waals surface area contributed by atoms with E-state index in [-0.39, 0.29) is 18.2 Å². The van der Waals surface area contributed by atoms with Gasteiger partial charge in [-0.25, -0.2) is 0 Å². The summed E-state index contributed by atoms with van der Waals surface area (Å²) >= 11 is 3.31. The first-order chi connectivity index (χ1) is 12.1. The summed E-state index contributed by atoms with van der Waals surface area (Å²) in [5.74, 6) is -0.679. The summed E-state index contributed by atoms with van der Waals surface area (Å²) in [6.45, 7) is 2.07. The summed E-state index contributed by atoms with van der Waals surface area (Å²) in [5.41, 5.74) is 8.04. The quantitative estimate of drug-likeness (QED) is 0.654. The number of benzene rings is 2. The molecule has 0 atom stereocenters. The van der Waals surface area contributed by atoms with Crippen molar-refractivity contribution >= 4 is 38.7 Å². The summed E-state index contributed by atoms with van der Waals surface area (Å²) in [6, 6.07) is 12.8. The Balaban J connectivity index is 1.63. The van der Waals surface area contributed by atoms with Crippen LogP contribution in [0, 0.1) is 0 Å². The fourth-order valence-electron chi connectivity index (χ4n) is 2.50. The maximum absolute atomic E-state index is 12.1. The van der Waals surface area contributed by atoms with E-state index in [0.717, 1.165) is 27.4 Å². The number of aryl methyl sites for hydroxylation is 1. The van der Waals surface area contributed by atoms with Crippen LogP contribution in [0.1, 0.15) is 28.4 Å². The van der Waals surface area contributed by atoms with E-state index >= 15 is 0 Å². The van der Waals surface area contributed by atoms with Gasteiger partial charge in [-0.2, -0.15) is 0 Å². The van der Waals surface area contributed by atoms with Crippen molar-refractivity contribution in [2.24, 2.45) is 0 Å². The third kappa shape index (κ3) is 4.09. The molecule has 0 saturated carbocycles. The second kappa shape index (κ2) is 7.53. The van der Waals surface area contributed by atoms with Crippen molar-refractivity contribution in [3.63, 3.8) is 0 Å². The van der Waals surface area contributed by atoms with Crippen LogP contribution in [0.2, 0.25) is 0 Å². The van der Waals surface area contributed by atoms with Gasteiger partial charge in [0.1, 0.15) is 5.58 Å². The van der Waals surface area contributed by atoms with Crippen molar-refractivity contribution in [1.82, 2.24) is 10.9 Å². The average Bonchev–Trinajstić information content (AvgIpc) is 3.02. The predicted molar refractivity (Wildman–Crippen MR) is 99.0 cm³/mol. The Morgan fingerprint density at radius 3 is 2.56 bits per heavy atom. The van der Waals surface area contributed by atoms with E-state index in [4.69, 9.17) is 4.42 Å². The second-order valence-corrected chi connectivity index (χ2v) is 6.55. The number of hydrazine groups is 1. The number of nitrogens with one attached hydrogen (secondary N) is 2. The van der Waals surface area contributed by atoms with Crippen molar-refractivity contribution in [3.8, 4) is 0 Å². The highest BCUT2D eigenvalue weighted by Crippen LogP contribution is 2.23. The molecule has 1 aromatic heterocycles. The molecule has 0 unspecified atom stereocenters. The number of carbonyl (C=O) groups is 2. The van der Waals surface area contributed by atoms with Crippen LogP contribution >= 0.6 is 15.9 Å². The minimum absolute atomic E-state index is 0.126. The molecular formula is C19H17BrN2O3. The first kappa shape index (κ1) is 17.2. The third-order valence-corrected chi connectivity index (χ3v) is 4.43. The molecule has 25 heavy (non-hydrogen) atoms. The number of furan rings is 1. The van der Waals surface area contributed by atoms with E-state index < -0.39 is 0 Å². The number of rotatable bonds is 4. The molecule has 0 fully saturated rings. The fraction of sp³-hybridized carbons (Fsp3) is 0.158. The van der Waals surface area contributed by atoms with Gasteiger partial charge in [0, 0.05) is 21.0 Å². The molecule has 0 bridgehead atoms. The van der Waals surface area contributed by atoms with Crippen LogP contribution in [0.3, 0.4) is 0 Å². The SMILES string of the molecule is CCc1ccc2occ(CC(=O)NNC(=O)c3ccc(Br)cc3)c2c1. The summed E-state index contributed by atoms with van der Waals surface area (Å²) < 4.78 is 6.36. The minimum atomic E-state index is -0.369. The lowest BCUT2D eigenvalue weighted by molar-refractivity contribution is -0.121. The zero-order valence-corrected chi connectivity index (χ0v) is 15.2. The Morgan fingerprint density at radius 2 is 1.84 bits per heavy atom. The highest BCUT2D eigenvalue weighted by atomic mass is 79.9. The maximum atomic E-state index is 12.1. The molecular weight excluding hydrogens is 384 g/mol. The summed E-state index contributed by atoms with van der Waals surface area (Å²) in [5, 5.41) is 0.925. The molecule has 2 amide bonds. The Bertz CT molecular complexity index is 916. The molecule has 5 nitrogen and oxygen atoms in total. The van der Waals surface area contributed by atoms with Gasteiger partial charge in [0.05, 0.1) is 12.7 Å². The van der Waals surface area contributed by atoms with Gasteiger partial charge in [0.25, 0.3) is 5.91 Å². The normalized spacial score (nSPS) is 10.6. The lowest BCUT2D eigenvalue weighted by atomic mass is 10.1. The highest BCUT2D eigenvalue weighted by molar-refractivity contribution is 9.10. The molecule has 0 aliphatic carbocycles. The van der Waals surface area contributed by atoms with Gasteiger partial charge in [0.15, 0.2) is 0 Å². The van der Waals surface area contributed by atoms with Gasteiger partial charge in [-0.15, -0.1) is 0 Å². The van der Waals surface area contributed by atoms with Crippen LogP contribution in [0.15, 0.2) is 57.6 Å². The molecule has 128 valence electrons. The van der Waals surface area contributed by atoms with Crippen LogP contribution in [0.25, 0.3) is 11.0 Å². The van der Waals surface area contributed by atoms with Crippen LogP contribution < -0.4 is 10.9 Å². The van der Waals surface area contributed by atoms with Crippen LogP contribution in [0.4, 0.5) is 0 Å². The summed E-state index contributed by atoms with van der Waals surface area (Å²) in [7, 11) is 0. The number of fused-ring (bicyclic) bond motifs is 1. The smallest absolute Gasteiger partial charge is 0.269 e. The molecule has 0 spiro atoms. The topological polar surface area (TPSA) is 71.3 Å². The minimum Gasteiger partial charge on any atom is -0.464 e. The predicted octanol–water partition coefficient (Wildman–Crippen LogP) is 3.76. The van der Waals surface area contributed by atoms with Crippen molar-refractivity contribution in [2.75, 3.05) is 0 Å². The van der Waals surface area contributed by atoms with Crippen molar-refractivity contribution in [3.05, 3.63) is 69.9 Å². The Labute approximate surface area is 153 Å². The molecule has 1 heterocycles. The molecule has 3 aromatic rings. The van der Waals surface area contributed by atoms with Gasteiger partial charge in [-0.05, 0) is 48.4 Å². The molecule has 0 aliphatic rings.